The normalized spacial score (nSPS) is 10.9. The van der Waals surface area contributed by atoms with E-state index in [0.29, 0.717) is 11.4 Å². The molecule has 4 rings (SSSR count). The van der Waals surface area contributed by atoms with Crippen LogP contribution in [0.15, 0.2) is 60.7 Å². The molecule has 3 nitrogen and oxygen atoms in total. The summed E-state index contributed by atoms with van der Waals surface area (Å²) in [5.41, 5.74) is 3.88. The molecule has 1 heterocycles. The third-order valence-electron chi connectivity index (χ3n) is 4.63. The van der Waals surface area contributed by atoms with E-state index >= 15 is 0 Å². The Morgan fingerprint density at radius 1 is 0.963 bits per heavy atom. The monoisotopic (exact) mass is 359 g/mol. The van der Waals surface area contributed by atoms with Gasteiger partial charge in [-0.25, -0.2) is 13.8 Å². The molecule has 27 heavy (non-hydrogen) atoms. The molecule has 0 atom stereocenters. The topological polar surface area (TPSA) is 41.6 Å². The van der Waals surface area contributed by atoms with Crippen LogP contribution in [0.25, 0.3) is 22.4 Å². The van der Waals surface area contributed by atoms with Gasteiger partial charge in [-0.3, -0.25) is 0 Å². The summed E-state index contributed by atoms with van der Waals surface area (Å²) in [4.78, 5) is 4.73. The molecule has 0 N–H and O–H groups in total. The Morgan fingerprint density at radius 2 is 1.63 bits per heavy atom. The summed E-state index contributed by atoms with van der Waals surface area (Å²) in [5, 5.41) is 9.01. The maximum atomic E-state index is 14.2. The average Bonchev–Trinajstić information content (AvgIpc) is 3.05. The van der Waals surface area contributed by atoms with Crippen LogP contribution in [0.4, 0.5) is 8.78 Å². The molecule has 0 spiro atoms. The lowest BCUT2D eigenvalue weighted by Gasteiger charge is -2.11. The van der Waals surface area contributed by atoms with Crippen LogP contribution in [0.1, 0.15) is 16.7 Å². The van der Waals surface area contributed by atoms with Gasteiger partial charge in [0.15, 0.2) is 0 Å². The molecule has 0 bridgehead atoms. The van der Waals surface area contributed by atoms with Gasteiger partial charge in [0.25, 0.3) is 0 Å². The number of nitrogens with zero attached hydrogens (tertiary/aromatic N) is 3. The molecule has 3 aromatic carbocycles. The average molecular weight is 359 g/mol. The highest BCUT2D eigenvalue weighted by atomic mass is 19.1. The van der Waals surface area contributed by atoms with Crippen molar-refractivity contribution in [2.24, 2.45) is 0 Å². The van der Waals surface area contributed by atoms with Crippen LogP contribution in [-0.2, 0) is 6.54 Å². The zero-order valence-electron chi connectivity index (χ0n) is 14.6. The smallest absolute Gasteiger partial charge is 0.141 e. The number of rotatable bonds is 3. The number of hydrogen-bond donors (Lipinski definition) is 0. The SMILES string of the molecule is Cc1cccc2c1nc(-c1ccc(C#N)cc1)n2Cc1c(F)cccc1F. The number of nitriles is 1. The first-order valence-corrected chi connectivity index (χ1v) is 8.48. The van der Waals surface area contributed by atoms with E-state index in [0.717, 1.165) is 22.2 Å². The number of fused-ring (bicyclic) bond motifs is 1. The molecule has 5 heteroatoms. The van der Waals surface area contributed by atoms with Gasteiger partial charge in [-0.1, -0.05) is 18.2 Å². The van der Waals surface area contributed by atoms with Gasteiger partial charge < -0.3 is 4.57 Å². The molecule has 0 aliphatic rings. The molecule has 4 aromatic rings. The molecule has 1 aromatic heterocycles. The van der Waals surface area contributed by atoms with E-state index in [1.54, 1.807) is 24.3 Å². The van der Waals surface area contributed by atoms with Gasteiger partial charge in [-0.15, -0.1) is 0 Å². The van der Waals surface area contributed by atoms with E-state index in [1.807, 2.05) is 29.7 Å². The second kappa shape index (κ2) is 6.65. The minimum Gasteiger partial charge on any atom is -0.319 e. The van der Waals surface area contributed by atoms with Crippen molar-refractivity contribution in [3.63, 3.8) is 0 Å². The van der Waals surface area contributed by atoms with Gasteiger partial charge in [0, 0.05) is 11.1 Å². The van der Waals surface area contributed by atoms with Gasteiger partial charge in [-0.2, -0.15) is 5.26 Å². The largest absolute Gasteiger partial charge is 0.319 e. The minimum atomic E-state index is -0.588. The van der Waals surface area contributed by atoms with Crippen molar-refractivity contribution in [3.8, 4) is 17.5 Å². The lowest BCUT2D eigenvalue weighted by Crippen LogP contribution is -2.06. The van der Waals surface area contributed by atoms with Crippen LogP contribution >= 0.6 is 0 Å². The van der Waals surface area contributed by atoms with Crippen molar-refractivity contribution in [3.05, 3.63) is 89.0 Å². The fourth-order valence-corrected chi connectivity index (χ4v) is 3.20. The van der Waals surface area contributed by atoms with Crippen LogP contribution in [0.5, 0.6) is 0 Å². The van der Waals surface area contributed by atoms with Crippen molar-refractivity contribution in [2.45, 2.75) is 13.5 Å². The third-order valence-corrected chi connectivity index (χ3v) is 4.63. The van der Waals surface area contributed by atoms with E-state index in [4.69, 9.17) is 10.2 Å². The summed E-state index contributed by atoms with van der Waals surface area (Å²) >= 11 is 0. The van der Waals surface area contributed by atoms with Gasteiger partial charge in [0.1, 0.15) is 17.5 Å². The molecular formula is C22H15F2N3. The number of para-hydroxylation sites is 1. The number of aromatic nitrogens is 2. The van der Waals surface area contributed by atoms with Crippen molar-refractivity contribution in [2.75, 3.05) is 0 Å². The summed E-state index contributed by atoms with van der Waals surface area (Å²) in [7, 11) is 0. The predicted molar refractivity (Wildman–Crippen MR) is 100 cm³/mol. The Labute approximate surface area is 155 Å². The maximum absolute atomic E-state index is 14.2. The summed E-state index contributed by atoms with van der Waals surface area (Å²) in [6.45, 7) is 1.97. The van der Waals surface area contributed by atoms with Gasteiger partial charge in [0.05, 0.1) is 29.2 Å². The summed E-state index contributed by atoms with van der Waals surface area (Å²) in [5.74, 6) is -0.572. The Hall–Kier alpha value is -3.52. The molecular weight excluding hydrogens is 344 g/mol. The van der Waals surface area contributed by atoms with E-state index in [2.05, 4.69) is 6.07 Å². The van der Waals surface area contributed by atoms with Crippen molar-refractivity contribution in [1.29, 1.82) is 5.26 Å². The van der Waals surface area contributed by atoms with Crippen molar-refractivity contribution >= 4 is 11.0 Å². The molecule has 0 fully saturated rings. The highest BCUT2D eigenvalue weighted by molar-refractivity contribution is 5.83. The van der Waals surface area contributed by atoms with Crippen LogP contribution in [0, 0.1) is 29.9 Å². The van der Waals surface area contributed by atoms with Crippen LogP contribution in [-0.4, -0.2) is 9.55 Å². The first-order valence-electron chi connectivity index (χ1n) is 8.48. The van der Waals surface area contributed by atoms with Crippen molar-refractivity contribution in [1.82, 2.24) is 9.55 Å². The molecule has 0 aliphatic heterocycles. The molecule has 0 saturated carbocycles. The van der Waals surface area contributed by atoms with Crippen molar-refractivity contribution < 1.29 is 8.78 Å². The van der Waals surface area contributed by atoms with Gasteiger partial charge in [0.2, 0.25) is 0 Å². The Morgan fingerprint density at radius 3 is 2.30 bits per heavy atom. The molecule has 0 aliphatic carbocycles. The predicted octanol–water partition coefficient (Wildman–Crippen LogP) is 5.21. The Bertz CT molecular complexity index is 1160. The third kappa shape index (κ3) is 2.96. The van der Waals surface area contributed by atoms with E-state index in [-0.39, 0.29) is 12.1 Å². The quantitative estimate of drug-likeness (QED) is 0.504. The molecule has 0 radical (unpaired) electrons. The first kappa shape index (κ1) is 16.9. The molecule has 0 amide bonds. The van der Waals surface area contributed by atoms with E-state index in [1.165, 1.54) is 18.2 Å². The maximum Gasteiger partial charge on any atom is 0.141 e. The fourth-order valence-electron chi connectivity index (χ4n) is 3.20. The molecule has 132 valence electrons. The van der Waals surface area contributed by atoms with Gasteiger partial charge >= 0.3 is 0 Å². The Balaban J connectivity index is 1.94. The molecule has 0 saturated heterocycles. The summed E-state index contributed by atoms with van der Waals surface area (Å²) in [6.07, 6.45) is 0. The number of benzene rings is 3. The first-order chi connectivity index (χ1) is 13.1. The highest BCUT2D eigenvalue weighted by Gasteiger charge is 2.17. The van der Waals surface area contributed by atoms with Crippen LogP contribution < -0.4 is 0 Å². The second-order valence-corrected chi connectivity index (χ2v) is 6.35. The number of imidazole rings is 1. The van der Waals surface area contributed by atoms with E-state index < -0.39 is 11.6 Å². The van der Waals surface area contributed by atoms with Crippen LogP contribution in [0.3, 0.4) is 0 Å². The van der Waals surface area contributed by atoms with Gasteiger partial charge in [-0.05, 0) is 55.0 Å². The fraction of sp³-hybridized carbons (Fsp3) is 0.0909. The lowest BCUT2D eigenvalue weighted by atomic mass is 10.1. The van der Waals surface area contributed by atoms with E-state index in [9.17, 15) is 8.78 Å². The zero-order chi connectivity index (χ0) is 19.0. The lowest BCUT2D eigenvalue weighted by molar-refractivity contribution is 0.547. The number of halogens is 2. The minimum absolute atomic E-state index is 0.00630. The number of hydrogen-bond acceptors (Lipinski definition) is 2. The summed E-state index contributed by atoms with van der Waals surface area (Å²) in [6, 6.07) is 18.7. The second-order valence-electron chi connectivity index (χ2n) is 6.35. The highest BCUT2D eigenvalue weighted by Crippen LogP contribution is 2.29. The Kier molecular flexibility index (Phi) is 4.17. The van der Waals surface area contributed by atoms with Crippen LogP contribution in [0.2, 0.25) is 0 Å². The standard InChI is InChI=1S/C22H15F2N3/c1-14-4-2-7-20-21(14)26-22(16-10-8-15(12-25)9-11-16)27(20)13-17-18(23)5-3-6-19(17)24/h2-11H,13H2,1H3. The molecule has 0 unspecified atom stereocenters. The number of aryl methyl sites for hydroxylation is 1. The zero-order valence-corrected chi connectivity index (χ0v) is 14.6. The summed E-state index contributed by atoms with van der Waals surface area (Å²) < 4.78 is 30.3.